The minimum absolute atomic E-state index is 0.125. The number of aromatic nitrogens is 1. The first-order valence-corrected chi connectivity index (χ1v) is 9.74. The maximum absolute atomic E-state index is 6.30. The number of rotatable bonds is 6. The molecule has 5 heteroatoms. The Morgan fingerprint density at radius 3 is 2.59 bits per heavy atom. The van der Waals surface area contributed by atoms with Crippen LogP contribution in [0.5, 0.6) is 5.75 Å². The SMILES string of the molecule is COc1ccc2nc3cc(Cl)ccc3c(NCCCC(N)C(C)(C)C)c2c1. The van der Waals surface area contributed by atoms with Gasteiger partial charge in [0.15, 0.2) is 0 Å². The summed E-state index contributed by atoms with van der Waals surface area (Å²) in [4.78, 5) is 4.76. The summed E-state index contributed by atoms with van der Waals surface area (Å²) >= 11 is 6.18. The molecule has 0 amide bonds. The van der Waals surface area contributed by atoms with Gasteiger partial charge in [0.05, 0.1) is 23.8 Å². The molecule has 0 bridgehead atoms. The van der Waals surface area contributed by atoms with Crippen molar-refractivity contribution in [3.63, 3.8) is 0 Å². The van der Waals surface area contributed by atoms with E-state index in [-0.39, 0.29) is 11.5 Å². The second-order valence-corrected chi connectivity index (χ2v) is 8.51. The normalized spacial score (nSPS) is 13.1. The van der Waals surface area contributed by atoms with Crippen molar-refractivity contribution >= 4 is 39.1 Å². The predicted octanol–water partition coefficient (Wildman–Crippen LogP) is 5.62. The molecule has 3 N–H and O–H groups in total. The van der Waals surface area contributed by atoms with E-state index in [4.69, 9.17) is 27.1 Å². The molecule has 27 heavy (non-hydrogen) atoms. The Bertz CT molecular complexity index is 950. The highest BCUT2D eigenvalue weighted by Crippen LogP contribution is 2.34. The number of nitrogens with one attached hydrogen (secondary N) is 1. The molecule has 0 radical (unpaired) electrons. The highest BCUT2D eigenvalue weighted by atomic mass is 35.5. The molecule has 3 aromatic rings. The number of pyridine rings is 1. The molecule has 0 saturated heterocycles. The molecule has 0 aliphatic carbocycles. The number of halogens is 1. The van der Waals surface area contributed by atoms with E-state index in [1.165, 1.54) is 0 Å². The average Bonchev–Trinajstić information content (AvgIpc) is 2.62. The average molecular weight is 386 g/mol. The highest BCUT2D eigenvalue weighted by molar-refractivity contribution is 6.31. The predicted molar refractivity (Wildman–Crippen MR) is 116 cm³/mol. The first kappa shape index (κ1) is 19.7. The van der Waals surface area contributed by atoms with Crippen molar-refractivity contribution in [2.45, 2.75) is 39.7 Å². The number of methoxy groups -OCH3 is 1. The van der Waals surface area contributed by atoms with Gasteiger partial charge >= 0.3 is 0 Å². The summed E-state index contributed by atoms with van der Waals surface area (Å²) in [6.07, 6.45) is 1.98. The molecule has 1 atom stereocenters. The van der Waals surface area contributed by atoms with Gasteiger partial charge in [0, 0.05) is 28.4 Å². The molecule has 0 saturated carbocycles. The molecular weight excluding hydrogens is 358 g/mol. The largest absolute Gasteiger partial charge is 0.497 e. The summed E-state index contributed by atoms with van der Waals surface area (Å²) in [7, 11) is 1.68. The van der Waals surface area contributed by atoms with Crippen molar-refractivity contribution in [3.05, 3.63) is 41.4 Å². The summed E-state index contributed by atoms with van der Waals surface area (Å²) in [5, 5.41) is 6.40. The molecule has 0 aliphatic heterocycles. The van der Waals surface area contributed by atoms with E-state index in [0.29, 0.717) is 5.02 Å². The Morgan fingerprint density at radius 2 is 1.89 bits per heavy atom. The number of hydrogen-bond donors (Lipinski definition) is 2. The van der Waals surface area contributed by atoms with Crippen molar-refractivity contribution in [1.29, 1.82) is 0 Å². The minimum Gasteiger partial charge on any atom is -0.497 e. The molecule has 1 heterocycles. The molecular formula is C22H28ClN3O. The van der Waals surface area contributed by atoms with E-state index >= 15 is 0 Å². The fraction of sp³-hybridized carbons (Fsp3) is 0.409. The van der Waals surface area contributed by atoms with E-state index in [9.17, 15) is 0 Å². The van der Waals surface area contributed by atoms with Crippen molar-refractivity contribution in [2.75, 3.05) is 19.0 Å². The Hall–Kier alpha value is -2.04. The van der Waals surface area contributed by atoms with Crippen molar-refractivity contribution in [2.24, 2.45) is 11.1 Å². The van der Waals surface area contributed by atoms with Gasteiger partial charge < -0.3 is 15.8 Å². The van der Waals surface area contributed by atoms with Gasteiger partial charge in [0.1, 0.15) is 5.75 Å². The number of nitrogens with two attached hydrogens (primary N) is 1. The third-order valence-electron chi connectivity index (χ3n) is 5.05. The maximum Gasteiger partial charge on any atom is 0.119 e. The van der Waals surface area contributed by atoms with Crippen LogP contribution in [0.15, 0.2) is 36.4 Å². The molecule has 4 nitrogen and oxygen atoms in total. The number of hydrogen-bond acceptors (Lipinski definition) is 4. The van der Waals surface area contributed by atoms with Crippen LogP contribution in [0.25, 0.3) is 21.8 Å². The number of benzene rings is 2. The first-order valence-electron chi connectivity index (χ1n) is 9.36. The fourth-order valence-electron chi connectivity index (χ4n) is 3.18. The van der Waals surface area contributed by atoms with Crippen LogP contribution < -0.4 is 15.8 Å². The van der Waals surface area contributed by atoms with Crippen molar-refractivity contribution in [1.82, 2.24) is 4.98 Å². The number of nitrogens with zero attached hydrogens (tertiary/aromatic N) is 1. The second-order valence-electron chi connectivity index (χ2n) is 8.07. The van der Waals surface area contributed by atoms with Crippen LogP contribution in [0, 0.1) is 5.41 Å². The molecule has 0 aliphatic rings. The lowest BCUT2D eigenvalue weighted by molar-refractivity contribution is 0.303. The van der Waals surface area contributed by atoms with Gasteiger partial charge in [-0.25, -0.2) is 4.98 Å². The van der Waals surface area contributed by atoms with Gasteiger partial charge in [-0.1, -0.05) is 32.4 Å². The monoisotopic (exact) mass is 385 g/mol. The number of anilines is 1. The number of fused-ring (bicyclic) bond motifs is 2. The van der Waals surface area contributed by atoms with Gasteiger partial charge in [-0.15, -0.1) is 0 Å². The van der Waals surface area contributed by atoms with E-state index in [1.807, 2.05) is 36.4 Å². The van der Waals surface area contributed by atoms with Crippen LogP contribution in [-0.4, -0.2) is 24.7 Å². The van der Waals surface area contributed by atoms with Crippen LogP contribution >= 0.6 is 11.6 Å². The van der Waals surface area contributed by atoms with Gasteiger partial charge in [-0.05, 0) is 54.7 Å². The van der Waals surface area contributed by atoms with E-state index in [0.717, 1.165) is 52.6 Å². The standard InChI is InChI=1S/C22H28ClN3O/c1-22(2,3)20(24)6-5-11-25-21-16-9-7-14(23)12-19(16)26-18-10-8-15(27-4)13-17(18)21/h7-10,12-13,20H,5-6,11,24H2,1-4H3,(H,25,26). The zero-order valence-corrected chi connectivity index (χ0v) is 17.2. The Morgan fingerprint density at radius 1 is 1.11 bits per heavy atom. The van der Waals surface area contributed by atoms with E-state index in [2.05, 4.69) is 26.1 Å². The Kier molecular flexibility index (Phi) is 5.78. The lowest BCUT2D eigenvalue weighted by atomic mass is 9.85. The number of ether oxygens (including phenoxy) is 1. The highest BCUT2D eigenvalue weighted by Gasteiger charge is 2.19. The third kappa shape index (κ3) is 4.45. The van der Waals surface area contributed by atoms with Crippen molar-refractivity contribution < 1.29 is 4.74 Å². The van der Waals surface area contributed by atoms with Crippen LogP contribution in [0.3, 0.4) is 0 Å². The topological polar surface area (TPSA) is 60.2 Å². The van der Waals surface area contributed by atoms with E-state index < -0.39 is 0 Å². The molecule has 2 aromatic carbocycles. The van der Waals surface area contributed by atoms with Gasteiger partial charge in [0.25, 0.3) is 0 Å². The van der Waals surface area contributed by atoms with Crippen LogP contribution in [0.2, 0.25) is 5.02 Å². The molecule has 0 fully saturated rings. The minimum atomic E-state index is 0.125. The van der Waals surface area contributed by atoms with Crippen LogP contribution in [-0.2, 0) is 0 Å². The van der Waals surface area contributed by atoms with Gasteiger partial charge in [-0.2, -0.15) is 0 Å². The summed E-state index contributed by atoms with van der Waals surface area (Å²) in [5.41, 5.74) is 9.29. The lowest BCUT2D eigenvalue weighted by Gasteiger charge is -2.27. The summed E-state index contributed by atoms with van der Waals surface area (Å²) in [5.74, 6) is 0.815. The van der Waals surface area contributed by atoms with E-state index in [1.54, 1.807) is 7.11 Å². The molecule has 0 spiro atoms. The smallest absolute Gasteiger partial charge is 0.119 e. The quantitative estimate of drug-likeness (QED) is 0.427. The molecule has 1 aromatic heterocycles. The summed E-state index contributed by atoms with van der Waals surface area (Å²) in [6, 6.07) is 11.9. The Balaban J connectivity index is 1.92. The first-order chi connectivity index (χ1) is 12.8. The molecule has 144 valence electrons. The molecule has 1 unspecified atom stereocenters. The zero-order chi connectivity index (χ0) is 19.6. The third-order valence-corrected chi connectivity index (χ3v) is 5.28. The van der Waals surface area contributed by atoms with Crippen molar-refractivity contribution in [3.8, 4) is 5.75 Å². The molecule has 3 rings (SSSR count). The van der Waals surface area contributed by atoms with Gasteiger partial charge in [-0.3, -0.25) is 0 Å². The summed E-state index contributed by atoms with van der Waals surface area (Å²) in [6.45, 7) is 7.40. The second kappa shape index (κ2) is 7.91. The fourth-order valence-corrected chi connectivity index (χ4v) is 3.35. The lowest BCUT2D eigenvalue weighted by Crippen LogP contribution is -2.35. The summed E-state index contributed by atoms with van der Waals surface area (Å²) < 4.78 is 5.41. The maximum atomic E-state index is 6.30. The zero-order valence-electron chi connectivity index (χ0n) is 16.5. The van der Waals surface area contributed by atoms with Crippen LogP contribution in [0.4, 0.5) is 5.69 Å². The van der Waals surface area contributed by atoms with Crippen LogP contribution in [0.1, 0.15) is 33.6 Å². The van der Waals surface area contributed by atoms with Gasteiger partial charge in [0.2, 0.25) is 0 Å². The Labute approximate surface area is 166 Å².